The van der Waals surface area contributed by atoms with E-state index in [9.17, 15) is 4.79 Å². The summed E-state index contributed by atoms with van der Waals surface area (Å²) in [7, 11) is 0. The Bertz CT molecular complexity index is 635. The minimum absolute atomic E-state index is 0.0399. The molecule has 0 saturated heterocycles. The molecule has 1 aromatic heterocycles. The molecular weight excluding hydrogens is 230 g/mol. The molecule has 0 aliphatic heterocycles. The molecule has 0 fully saturated rings. The number of carbonyl (C=O) groups is 1. The van der Waals surface area contributed by atoms with Gasteiger partial charge in [-0.1, -0.05) is 6.07 Å². The van der Waals surface area contributed by atoms with Crippen molar-refractivity contribution < 1.29 is 4.79 Å². The lowest BCUT2D eigenvalue weighted by Crippen LogP contribution is -2.39. The minimum atomic E-state index is -0.741. The third kappa shape index (κ3) is 2.73. The Hall–Kier alpha value is -2.63. The maximum absolute atomic E-state index is 10.6. The summed E-state index contributed by atoms with van der Waals surface area (Å²) in [6, 6.07) is 8.57. The van der Waals surface area contributed by atoms with Gasteiger partial charge in [0.15, 0.2) is 0 Å². The van der Waals surface area contributed by atoms with Gasteiger partial charge in [0.05, 0.1) is 11.2 Å². The monoisotopic (exact) mass is 243 g/mol. The van der Waals surface area contributed by atoms with E-state index >= 15 is 0 Å². The fourth-order valence-corrected chi connectivity index (χ4v) is 1.58. The smallest absolute Gasteiger partial charge is 0.318 e. The second-order valence-corrected chi connectivity index (χ2v) is 3.82. The first-order chi connectivity index (χ1) is 8.54. The average molecular weight is 243 g/mol. The number of guanidine groups is 1. The molecule has 18 heavy (non-hydrogen) atoms. The van der Waals surface area contributed by atoms with E-state index in [4.69, 9.17) is 11.5 Å². The number of nitrogens with one attached hydrogen (secondary N) is 1. The molecule has 2 rings (SSSR count). The van der Waals surface area contributed by atoms with Gasteiger partial charge in [0.25, 0.3) is 0 Å². The molecule has 1 aromatic carbocycles. The molecule has 0 unspecified atom stereocenters. The van der Waals surface area contributed by atoms with E-state index in [1.165, 1.54) is 0 Å². The van der Waals surface area contributed by atoms with Crippen molar-refractivity contribution in [2.45, 2.75) is 6.92 Å². The van der Waals surface area contributed by atoms with Crippen molar-refractivity contribution in [3.05, 3.63) is 36.0 Å². The van der Waals surface area contributed by atoms with Crippen molar-refractivity contribution in [3.63, 3.8) is 0 Å². The van der Waals surface area contributed by atoms with Crippen molar-refractivity contribution >= 4 is 28.6 Å². The van der Waals surface area contributed by atoms with Gasteiger partial charge in [-0.15, -0.1) is 0 Å². The largest absolute Gasteiger partial charge is 0.369 e. The van der Waals surface area contributed by atoms with Crippen molar-refractivity contribution in [1.82, 2.24) is 10.3 Å². The maximum atomic E-state index is 10.6. The zero-order valence-electron chi connectivity index (χ0n) is 9.84. The molecule has 0 spiro atoms. The van der Waals surface area contributed by atoms with Crippen molar-refractivity contribution in [3.8, 4) is 0 Å². The Kier molecular flexibility index (Phi) is 3.09. The van der Waals surface area contributed by atoms with Crippen LogP contribution in [0.4, 0.5) is 10.5 Å². The molecule has 0 saturated carbocycles. The summed E-state index contributed by atoms with van der Waals surface area (Å²) in [5.74, 6) is -0.0399. The summed E-state index contributed by atoms with van der Waals surface area (Å²) in [5.41, 5.74) is 12.9. The van der Waals surface area contributed by atoms with E-state index in [0.717, 1.165) is 16.6 Å². The number of amides is 2. The summed E-state index contributed by atoms with van der Waals surface area (Å²) < 4.78 is 0. The van der Waals surface area contributed by atoms with Crippen LogP contribution in [-0.2, 0) is 0 Å². The number of hydrogen-bond donors (Lipinski definition) is 3. The summed E-state index contributed by atoms with van der Waals surface area (Å²) >= 11 is 0. The second-order valence-electron chi connectivity index (χ2n) is 3.82. The molecule has 5 N–H and O–H groups in total. The van der Waals surface area contributed by atoms with Gasteiger partial charge in [-0.3, -0.25) is 10.3 Å². The van der Waals surface area contributed by atoms with Crippen LogP contribution in [0.25, 0.3) is 10.9 Å². The average Bonchev–Trinajstić information content (AvgIpc) is 2.28. The summed E-state index contributed by atoms with van der Waals surface area (Å²) in [4.78, 5) is 19.0. The third-order valence-electron chi connectivity index (χ3n) is 2.31. The molecule has 2 amide bonds. The predicted octanol–water partition coefficient (Wildman–Crippen LogP) is 1.16. The zero-order valence-corrected chi connectivity index (χ0v) is 9.84. The lowest BCUT2D eigenvalue weighted by atomic mass is 10.2. The Morgan fingerprint density at radius 1 is 1.28 bits per heavy atom. The van der Waals surface area contributed by atoms with Gasteiger partial charge < -0.3 is 11.5 Å². The highest BCUT2D eigenvalue weighted by atomic mass is 16.2. The molecule has 0 aliphatic rings. The van der Waals surface area contributed by atoms with Crippen LogP contribution in [0.15, 0.2) is 35.3 Å². The van der Waals surface area contributed by atoms with E-state index in [1.54, 1.807) is 6.07 Å². The van der Waals surface area contributed by atoms with E-state index in [1.807, 2.05) is 31.2 Å². The predicted molar refractivity (Wildman–Crippen MR) is 70.5 cm³/mol. The lowest BCUT2D eigenvalue weighted by molar-refractivity contribution is 0.253. The first-order valence-electron chi connectivity index (χ1n) is 5.32. The number of nitrogens with two attached hydrogens (primary N) is 2. The SMILES string of the molecule is Cc1ccc2cc(N=C(N)NC(N)=O)ccc2n1. The number of hydrogen-bond acceptors (Lipinski definition) is 3. The first-order valence-corrected chi connectivity index (χ1v) is 5.32. The number of primary amides is 1. The standard InChI is InChI=1S/C12H13N5O/c1-7-2-3-8-6-9(4-5-10(8)15-7)16-11(13)17-12(14)18/h2-6H,1H3,(H5,13,14,16,17,18). The fourth-order valence-electron chi connectivity index (χ4n) is 1.58. The van der Waals surface area contributed by atoms with Gasteiger partial charge in [0, 0.05) is 11.1 Å². The Morgan fingerprint density at radius 3 is 2.78 bits per heavy atom. The first kappa shape index (κ1) is 11.8. The van der Waals surface area contributed by atoms with Crippen LogP contribution in [0.2, 0.25) is 0 Å². The molecule has 0 bridgehead atoms. The van der Waals surface area contributed by atoms with E-state index < -0.39 is 6.03 Å². The topological polar surface area (TPSA) is 106 Å². The molecule has 0 aliphatic carbocycles. The van der Waals surface area contributed by atoms with E-state index in [2.05, 4.69) is 15.3 Å². The van der Waals surface area contributed by atoms with Gasteiger partial charge in [-0.05, 0) is 31.2 Å². The molecule has 0 atom stereocenters. The van der Waals surface area contributed by atoms with Crippen molar-refractivity contribution in [2.75, 3.05) is 0 Å². The van der Waals surface area contributed by atoms with Crippen molar-refractivity contribution in [1.29, 1.82) is 0 Å². The van der Waals surface area contributed by atoms with Crippen molar-refractivity contribution in [2.24, 2.45) is 16.5 Å². The number of fused-ring (bicyclic) bond motifs is 1. The number of rotatable bonds is 1. The Balaban J connectivity index is 2.35. The highest BCUT2D eigenvalue weighted by Gasteiger charge is 1.99. The number of aryl methyl sites for hydroxylation is 1. The number of nitrogens with zero attached hydrogens (tertiary/aromatic N) is 2. The van der Waals surface area contributed by atoms with E-state index in [-0.39, 0.29) is 5.96 Å². The van der Waals surface area contributed by atoms with Crippen LogP contribution in [-0.4, -0.2) is 17.0 Å². The van der Waals surface area contributed by atoms with Gasteiger partial charge >= 0.3 is 6.03 Å². The number of aromatic nitrogens is 1. The number of pyridine rings is 1. The van der Waals surface area contributed by atoms with Gasteiger partial charge in [-0.2, -0.15) is 0 Å². The fraction of sp³-hybridized carbons (Fsp3) is 0.0833. The lowest BCUT2D eigenvalue weighted by Gasteiger charge is -2.02. The molecule has 0 radical (unpaired) electrons. The van der Waals surface area contributed by atoms with Crippen LogP contribution in [0, 0.1) is 6.92 Å². The molecular formula is C12H13N5O. The van der Waals surface area contributed by atoms with Crippen LogP contribution < -0.4 is 16.8 Å². The Morgan fingerprint density at radius 2 is 2.06 bits per heavy atom. The number of aliphatic imine (C=N–C) groups is 1. The number of carbonyl (C=O) groups excluding carboxylic acids is 1. The Labute approximate surface area is 104 Å². The van der Waals surface area contributed by atoms with Crippen LogP contribution >= 0.6 is 0 Å². The van der Waals surface area contributed by atoms with Gasteiger partial charge in [-0.25, -0.2) is 9.79 Å². The summed E-state index contributed by atoms with van der Waals surface area (Å²) in [5, 5.41) is 3.15. The van der Waals surface area contributed by atoms with Crippen LogP contribution in [0.1, 0.15) is 5.69 Å². The molecule has 1 heterocycles. The summed E-state index contributed by atoms with van der Waals surface area (Å²) in [6.07, 6.45) is 0. The molecule has 6 nitrogen and oxygen atoms in total. The number of benzene rings is 1. The minimum Gasteiger partial charge on any atom is -0.369 e. The van der Waals surface area contributed by atoms with Gasteiger partial charge in [0.2, 0.25) is 5.96 Å². The van der Waals surface area contributed by atoms with Crippen LogP contribution in [0.5, 0.6) is 0 Å². The highest BCUT2D eigenvalue weighted by Crippen LogP contribution is 2.19. The van der Waals surface area contributed by atoms with Crippen LogP contribution in [0.3, 0.4) is 0 Å². The maximum Gasteiger partial charge on any atom is 0.318 e. The summed E-state index contributed by atoms with van der Waals surface area (Å²) in [6.45, 7) is 1.93. The third-order valence-corrected chi connectivity index (χ3v) is 2.31. The van der Waals surface area contributed by atoms with Gasteiger partial charge in [0.1, 0.15) is 0 Å². The van der Waals surface area contributed by atoms with E-state index in [0.29, 0.717) is 5.69 Å². The zero-order chi connectivity index (χ0) is 13.1. The molecule has 6 heteroatoms. The quantitative estimate of drug-likeness (QED) is 0.516. The molecule has 2 aromatic rings. The number of urea groups is 1. The molecule has 92 valence electrons. The normalized spacial score (nSPS) is 11.5. The second kappa shape index (κ2) is 4.70. The highest BCUT2D eigenvalue weighted by molar-refractivity contribution is 5.96.